The number of carbonyl (C=O) groups excluding carboxylic acids is 1. The van der Waals surface area contributed by atoms with E-state index in [1.165, 1.54) is 6.92 Å². The average Bonchev–Trinajstić information content (AvgIpc) is 2.12. The average molecular weight is 228 g/mol. The summed E-state index contributed by atoms with van der Waals surface area (Å²) in [5, 5.41) is -0.00691. The Morgan fingerprint density at radius 3 is 2.50 bits per heavy atom. The fourth-order valence-corrected chi connectivity index (χ4v) is 1.58. The van der Waals surface area contributed by atoms with Crippen molar-refractivity contribution >= 4 is 16.9 Å². The van der Waals surface area contributed by atoms with Crippen molar-refractivity contribution in [3.05, 3.63) is 0 Å². The first-order valence-corrected chi connectivity index (χ1v) is 5.52. The number of rotatable bonds is 7. The lowest BCUT2D eigenvalue weighted by molar-refractivity contribution is -0.109. The number of hydrogen-bond acceptors (Lipinski definition) is 2. The number of alkyl halides is 3. The summed E-state index contributed by atoms with van der Waals surface area (Å²) in [7, 11) is 0. The van der Waals surface area contributed by atoms with Gasteiger partial charge in [0.2, 0.25) is 0 Å². The maximum Gasteiger partial charge on any atom is 0.185 e. The molecule has 0 aliphatic carbocycles. The third-order valence-corrected chi connectivity index (χ3v) is 2.55. The zero-order chi connectivity index (χ0) is 11.0. The predicted molar refractivity (Wildman–Crippen MR) is 52.8 cm³/mol. The van der Waals surface area contributed by atoms with E-state index < -0.39 is 19.0 Å². The Bertz CT molecular complexity index is 166. The molecule has 14 heavy (non-hydrogen) atoms. The van der Waals surface area contributed by atoms with Crippen LogP contribution in [0.1, 0.15) is 26.2 Å². The van der Waals surface area contributed by atoms with Gasteiger partial charge < -0.3 is 0 Å². The van der Waals surface area contributed by atoms with Crippen molar-refractivity contribution in [2.24, 2.45) is 0 Å². The van der Waals surface area contributed by atoms with Crippen LogP contribution in [0.15, 0.2) is 0 Å². The van der Waals surface area contributed by atoms with Crippen LogP contribution in [-0.2, 0) is 4.79 Å². The molecule has 0 saturated carbocycles. The lowest BCUT2D eigenvalue weighted by Gasteiger charge is -2.08. The first-order valence-electron chi connectivity index (χ1n) is 4.53. The van der Waals surface area contributed by atoms with Crippen LogP contribution in [0, 0.1) is 0 Å². The van der Waals surface area contributed by atoms with Crippen molar-refractivity contribution in [3.63, 3.8) is 0 Å². The van der Waals surface area contributed by atoms with Gasteiger partial charge >= 0.3 is 0 Å². The van der Waals surface area contributed by atoms with Gasteiger partial charge in [-0.25, -0.2) is 13.2 Å². The number of carbonyl (C=O) groups is 1. The molecule has 0 fully saturated rings. The van der Waals surface area contributed by atoms with Crippen molar-refractivity contribution in [3.8, 4) is 0 Å². The summed E-state index contributed by atoms with van der Waals surface area (Å²) in [5.74, 6) is 0.544. The second-order valence-corrected chi connectivity index (χ2v) is 4.34. The summed E-state index contributed by atoms with van der Waals surface area (Å²) in [6, 6.07) is 0. The molecule has 0 aliphatic rings. The molecule has 0 radical (unpaired) electrons. The molecular formula is C9H15F3OS. The molecular weight excluding hydrogens is 213 g/mol. The van der Waals surface area contributed by atoms with Crippen LogP contribution in [0.25, 0.3) is 0 Å². The first kappa shape index (κ1) is 13.8. The van der Waals surface area contributed by atoms with E-state index in [-0.39, 0.29) is 18.0 Å². The Hall–Kier alpha value is -0.190. The van der Waals surface area contributed by atoms with E-state index in [1.807, 2.05) is 0 Å². The zero-order valence-electron chi connectivity index (χ0n) is 8.14. The van der Waals surface area contributed by atoms with Gasteiger partial charge in [0.25, 0.3) is 0 Å². The van der Waals surface area contributed by atoms with E-state index in [0.29, 0.717) is 12.2 Å². The first-order chi connectivity index (χ1) is 6.56. The molecule has 0 aromatic carbocycles. The summed E-state index contributed by atoms with van der Waals surface area (Å²) in [6.07, 6.45) is -2.65. The zero-order valence-corrected chi connectivity index (χ0v) is 8.96. The molecule has 0 heterocycles. The van der Waals surface area contributed by atoms with Gasteiger partial charge in [-0.15, -0.1) is 0 Å². The van der Waals surface area contributed by atoms with E-state index in [4.69, 9.17) is 0 Å². The van der Waals surface area contributed by atoms with E-state index in [0.717, 1.165) is 11.8 Å². The van der Waals surface area contributed by atoms with Crippen molar-refractivity contribution in [2.75, 3.05) is 12.4 Å². The third kappa shape index (κ3) is 8.41. The highest BCUT2D eigenvalue weighted by molar-refractivity contribution is 8.13. The van der Waals surface area contributed by atoms with Crippen LogP contribution < -0.4 is 0 Å². The lowest BCUT2D eigenvalue weighted by Crippen LogP contribution is -2.12. The molecule has 0 rings (SSSR count). The molecule has 0 aliphatic heterocycles. The normalized spacial score (nSPS) is 15.1. The van der Waals surface area contributed by atoms with Gasteiger partial charge in [0.05, 0.1) is 0 Å². The monoisotopic (exact) mass is 228 g/mol. The molecule has 0 spiro atoms. The standard InChI is InChI=1S/C9H15F3OS/c1-7(13)14-4-2-3-8(11)5-9(12)6-10/h8-9H,2-6H2,1H3. The molecule has 84 valence electrons. The third-order valence-electron chi connectivity index (χ3n) is 1.65. The largest absolute Gasteiger partial charge is 0.288 e. The molecule has 0 N–H and O–H groups in total. The summed E-state index contributed by atoms with van der Waals surface area (Å²) in [6.45, 7) is 0.320. The van der Waals surface area contributed by atoms with Gasteiger partial charge in [0, 0.05) is 19.1 Å². The minimum atomic E-state index is -1.69. The molecule has 0 saturated heterocycles. The fraction of sp³-hybridized carbons (Fsp3) is 0.889. The Morgan fingerprint density at radius 2 is 2.00 bits per heavy atom. The molecule has 0 amide bonds. The summed E-state index contributed by atoms with van der Waals surface area (Å²) in [4.78, 5) is 10.5. The predicted octanol–water partition coefficient (Wildman–Crippen LogP) is 3.08. The SMILES string of the molecule is CC(=O)SCCCC(F)CC(F)CF. The summed E-state index contributed by atoms with van der Waals surface area (Å²) in [5.41, 5.74) is 0. The Balaban J connectivity index is 3.35. The fourth-order valence-electron chi connectivity index (χ4n) is 0.979. The second-order valence-electron chi connectivity index (χ2n) is 3.07. The Morgan fingerprint density at radius 1 is 1.36 bits per heavy atom. The maximum absolute atomic E-state index is 12.9. The molecule has 0 bridgehead atoms. The van der Waals surface area contributed by atoms with E-state index >= 15 is 0 Å². The van der Waals surface area contributed by atoms with Crippen LogP contribution in [0.4, 0.5) is 13.2 Å². The van der Waals surface area contributed by atoms with Crippen molar-refractivity contribution in [1.29, 1.82) is 0 Å². The Labute approximate surface area is 86.4 Å². The smallest absolute Gasteiger partial charge is 0.185 e. The van der Waals surface area contributed by atoms with E-state index in [2.05, 4.69) is 0 Å². The van der Waals surface area contributed by atoms with Crippen LogP contribution in [-0.4, -0.2) is 29.9 Å². The highest BCUT2D eigenvalue weighted by Gasteiger charge is 2.14. The maximum atomic E-state index is 12.9. The summed E-state index contributed by atoms with van der Waals surface area (Å²) >= 11 is 1.12. The molecule has 5 heteroatoms. The van der Waals surface area contributed by atoms with Gasteiger partial charge in [-0.3, -0.25) is 4.79 Å². The minimum Gasteiger partial charge on any atom is -0.288 e. The second kappa shape index (κ2) is 8.15. The van der Waals surface area contributed by atoms with Crippen molar-refractivity contribution < 1.29 is 18.0 Å². The quantitative estimate of drug-likeness (QED) is 0.623. The molecule has 0 aromatic rings. The highest BCUT2D eigenvalue weighted by atomic mass is 32.2. The van der Waals surface area contributed by atoms with Crippen molar-refractivity contribution in [1.82, 2.24) is 0 Å². The lowest BCUT2D eigenvalue weighted by atomic mass is 10.1. The van der Waals surface area contributed by atoms with Gasteiger partial charge in [-0.1, -0.05) is 11.8 Å². The van der Waals surface area contributed by atoms with Gasteiger partial charge in [0.15, 0.2) is 5.12 Å². The minimum absolute atomic E-state index is 0.00691. The molecule has 0 aromatic heterocycles. The van der Waals surface area contributed by atoms with E-state index in [1.54, 1.807) is 0 Å². The van der Waals surface area contributed by atoms with Gasteiger partial charge in [-0.2, -0.15) is 0 Å². The molecule has 1 nitrogen and oxygen atoms in total. The van der Waals surface area contributed by atoms with Crippen LogP contribution in [0.5, 0.6) is 0 Å². The Kier molecular flexibility index (Phi) is 8.04. The topological polar surface area (TPSA) is 17.1 Å². The van der Waals surface area contributed by atoms with Crippen LogP contribution in [0.3, 0.4) is 0 Å². The van der Waals surface area contributed by atoms with Gasteiger partial charge in [-0.05, 0) is 12.8 Å². The number of hydrogen-bond donors (Lipinski definition) is 0. The van der Waals surface area contributed by atoms with Gasteiger partial charge in [0.1, 0.15) is 19.0 Å². The molecule has 2 atom stereocenters. The molecule has 2 unspecified atom stereocenters. The van der Waals surface area contributed by atoms with Crippen molar-refractivity contribution in [2.45, 2.75) is 38.5 Å². The summed E-state index contributed by atoms with van der Waals surface area (Å²) < 4.78 is 36.9. The number of thioether (sulfide) groups is 1. The highest BCUT2D eigenvalue weighted by Crippen LogP contribution is 2.14. The van der Waals surface area contributed by atoms with Crippen LogP contribution >= 0.6 is 11.8 Å². The van der Waals surface area contributed by atoms with Crippen LogP contribution in [0.2, 0.25) is 0 Å². The number of halogens is 3. The van der Waals surface area contributed by atoms with E-state index in [9.17, 15) is 18.0 Å².